The first-order chi connectivity index (χ1) is 17.3. The lowest BCUT2D eigenvalue weighted by Crippen LogP contribution is -2.47. The highest BCUT2D eigenvalue weighted by molar-refractivity contribution is 5.93. The smallest absolute Gasteiger partial charge is 0.408 e. The molecule has 11 heteroatoms. The van der Waals surface area contributed by atoms with Crippen LogP contribution in [0.15, 0.2) is 18.3 Å². The second kappa shape index (κ2) is 13.5. The van der Waals surface area contributed by atoms with Gasteiger partial charge in [0.15, 0.2) is 0 Å². The molecular weight excluding hydrogens is 496 g/mol. The first-order valence-corrected chi connectivity index (χ1v) is 12.6. The lowest BCUT2D eigenvalue weighted by molar-refractivity contribution is -0.163. The number of rotatable bonds is 10. The quantitative estimate of drug-likeness (QED) is 0.195. The summed E-state index contributed by atoms with van der Waals surface area (Å²) in [5.41, 5.74) is -2.21. The van der Waals surface area contributed by atoms with Gasteiger partial charge in [-0.05, 0) is 93.7 Å². The zero-order chi connectivity index (χ0) is 29.3. The number of nitrogens with zero attached hydrogens (tertiary/aromatic N) is 1. The van der Waals surface area contributed by atoms with Crippen molar-refractivity contribution in [1.29, 1.82) is 0 Å². The molecule has 10 nitrogen and oxygen atoms in total. The number of carbonyl (C=O) groups is 4. The molecule has 0 unspecified atom stereocenters. The molecule has 2 amide bonds. The summed E-state index contributed by atoms with van der Waals surface area (Å²) in [4.78, 5) is 54.2. The van der Waals surface area contributed by atoms with Crippen LogP contribution < -0.4 is 10.6 Å². The summed E-state index contributed by atoms with van der Waals surface area (Å²) in [7, 11) is 0. The molecule has 1 aromatic heterocycles. The fraction of sp³-hybridized carbons (Fsp3) is 0.667. The van der Waals surface area contributed by atoms with Gasteiger partial charge in [-0.1, -0.05) is 0 Å². The SMILES string of the molecule is CC(C)(C)OC(=O)N[C@@H](C[C@H](CCCNC(=O)c1ccc([18F])nc1)C(=O)OC(C)(C)C)C(=O)OC(C)(C)C. The molecule has 1 rings (SSSR count). The fourth-order valence-electron chi connectivity index (χ4n) is 3.20. The van der Waals surface area contributed by atoms with E-state index in [0.717, 1.165) is 12.3 Å². The van der Waals surface area contributed by atoms with E-state index in [9.17, 15) is 23.6 Å². The van der Waals surface area contributed by atoms with Crippen LogP contribution in [0.1, 0.15) is 91.9 Å². The highest BCUT2D eigenvalue weighted by Gasteiger charge is 2.34. The van der Waals surface area contributed by atoms with Gasteiger partial charge in [0, 0.05) is 12.7 Å². The molecule has 2 N–H and O–H groups in total. The topological polar surface area (TPSA) is 133 Å². The molecule has 0 saturated heterocycles. The predicted octanol–water partition coefficient (Wildman–Crippen LogP) is 4.31. The van der Waals surface area contributed by atoms with Gasteiger partial charge in [-0.15, -0.1) is 0 Å². The number of alkyl carbamates (subject to hydrolysis) is 1. The third-order valence-corrected chi connectivity index (χ3v) is 4.65. The van der Waals surface area contributed by atoms with Crippen molar-refractivity contribution in [3.05, 3.63) is 29.8 Å². The summed E-state index contributed by atoms with van der Waals surface area (Å²) in [5.74, 6) is -3.20. The minimum atomic E-state index is -1.18. The number of esters is 2. The van der Waals surface area contributed by atoms with Crippen molar-refractivity contribution in [2.24, 2.45) is 5.92 Å². The average Bonchev–Trinajstić information content (AvgIpc) is 2.71. The fourth-order valence-corrected chi connectivity index (χ4v) is 3.20. The average molecular weight is 539 g/mol. The first-order valence-electron chi connectivity index (χ1n) is 12.6. The Morgan fingerprint density at radius 3 is 1.92 bits per heavy atom. The van der Waals surface area contributed by atoms with Crippen molar-refractivity contribution in [2.75, 3.05) is 6.54 Å². The summed E-state index contributed by atoms with van der Waals surface area (Å²) in [5, 5.41) is 5.22. The van der Waals surface area contributed by atoms with Gasteiger partial charge in [0.05, 0.1) is 11.5 Å². The summed E-state index contributed by atoms with van der Waals surface area (Å²) < 4.78 is 29.3. The molecular formula is C27H42FN3O7. The van der Waals surface area contributed by atoms with E-state index in [2.05, 4.69) is 15.6 Å². The monoisotopic (exact) mass is 538 g/mol. The molecule has 0 radical (unpaired) electrons. The van der Waals surface area contributed by atoms with E-state index in [1.807, 2.05) is 0 Å². The Balaban J connectivity index is 3.00. The van der Waals surface area contributed by atoms with Gasteiger partial charge in [0.25, 0.3) is 5.91 Å². The molecule has 0 aliphatic rings. The lowest BCUT2D eigenvalue weighted by atomic mass is 9.94. The standard InChI is InChI=1S/C27H42FN3O7/c1-25(2,3)36-22(33)17(11-10-14-29-21(32)18-12-13-20(28)30-16-18)15-19(23(34)37-26(4,5)6)31-24(35)38-27(7,8)9/h12-13,16-17,19H,10-11,14-15H2,1-9H3,(H,29,32)(H,31,35)/t17-,19-/m0/s1/i28-1. The Labute approximate surface area is 224 Å². The Bertz CT molecular complexity index is 961. The Kier molecular flexibility index (Phi) is 11.7. The maximum Gasteiger partial charge on any atom is 0.408 e. The van der Waals surface area contributed by atoms with E-state index in [1.165, 1.54) is 6.07 Å². The minimum absolute atomic E-state index is 0.0983. The molecule has 1 aromatic rings. The van der Waals surface area contributed by atoms with Crippen LogP contribution in [0.2, 0.25) is 0 Å². The molecule has 0 aliphatic carbocycles. The van der Waals surface area contributed by atoms with Crippen LogP contribution in [0.4, 0.5) is 9.18 Å². The van der Waals surface area contributed by atoms with Crippen molar-refractivity contribution in [2.45, 2.75) is 104 Å². The van der Waals surface area contributed by atoms with Crippen LogP contribution in [-0.4, -0.2) is 58.3 Å². The first kappa shape index (κ1) is 32.8. The van der Waals surface area contributed by atoms with Crippen molar-refractivity contribution in [3.63, 3.8) is 0 Å². The highest BCUT2D eigenvalue weighted by Crippen LogP contribution is 2.22. The van der Waals surface area contributed by atoms with E-state index in [1.54, 1.807) is 62.3 Å². The van der Waals surface area contributed by atoms with Crippen molar-refractivity contribution >= 4 is 23.9 Å². The van der Waals surface area contributed by atoms with Crippen LogP contribution in [0, 0.1) is 11.9 Å². The van der Waals surface area contributed by atoms with Gasteiger partial charge in [0.1, 0.15) is 22.8 Å². The molecule has 0 fully saturated rings. The number of nitrogens with one attached hydrogen (secondary N) is 2. The summed E-state index contributed by atoms with van der Waals surface area (Å²) in [6, 6.07) is 1.22. The highest BCUT2D eigenvalue weighted by atomic mass is 18.2. The number of aromatic nitrogens is 1. The number of hydrogen-bond acceptors (Lipinski definition) is 8. The van der Waals surface area contributed by atoms with E-state index in [0.29, 0.717) is 6.42 Å². The van der Waals surface area contributed by atoms with E-state index >= 15 is 0 Å². The molecule has 0 aromatic carbocycles. The van der Waals surface area contributed by atoms with Gasteiger partial charge in [-0.25, -0.2) is 14.6 Å². The van der Waals surface area contributed by atoms with Crippen molar-refractivity contribution in [3.8, 4) is 0 Å². The van der Waals surface area contributed by atoms with Crippen LogP contribution in [0.25, 0.3) is 0 Å². The molecule has 0 spiro atoms. The maximum atomic E-state index is 13.0. The number of halogens is 1. The molecule has 0 bridgehead atoms. The van der Waals surface area contributed by atoms with Crippen molar-refractivity contribution in [1.82, 2.24) is 15.6 Å². The minimum Gasteiger partial charge on any atom is -0.460 e. The van der Waals surface area contributed by atoms with Crippen LogP contribution in [0.5, 0.6) is 0 Å². The zero-order valence-corrected chi connectivity index (χ0v) is 23.9. The van der Waals surface area contributed by atoms with E-state index < -0.39 is 58.6 Å². The normalized spacial score (nSPS) is 13.6. The molecule has 0 aliphatic heterocycles. The Hall–Kier alpha value is -3.24. The van der Waals surface area contributed by atoms with Gasteiger partial charge in [-0.3, -0.25) is 9.59 Å². The summed E-state index contributed by atoms with van der Waals surface area (Å²) >= 11 is 0. The maximum absolute atomic E-state index is 13.0. The number of carbonyl (C=O) groups excluding carboxylic acids is 4. The largest absolute Gasteiger partial charge is 0.460 e. The third-order valence-electron chi connectivity index (χ3n) is 4.65. The number of pyridine rings is 1. The van der Waals surface area contributed by atoms with E-state index in [-0.39, 0.29) is 24.9 Å². The zero-order valence-electron chi connectivity index (χ0n) is 23.9. The number of amides is 2. The van der Waals surface area contributed by atoms with Crippen LogP contribution in [0.3, 0.4) is 0 Å². The molecule has 0 saturated carbocycles. The van der Waals surface area contributed by atoms with Crippen molar-refractivity contribution < 1.29 is 37.8 Å². The van der Waals surface area contributed by atoms with Crippen LogP contribution in [-0.2, 0) is 23.8 Å². The van der Waals surface area contributed by atoms with Gasteiger partial charge >= 0.3 is 18.0 Å². The predicted molar refractivity (Wildman–Crippen MR) is 139 cm³/mol. The summed E-state index contributed by atoms with van der Waals surface area (Å²) in [6.07, 6.45) is 0.807. The van der Waals surface area contributed by atoms with E-state index in [4.69, 9.17) is 14.2 Å². The number of ether oxygens (including phenoxy) is 3. The van der Waals surface area contributed by atoms with Gasteiger partial charge in [0.2, 0.25) is 5.95 Å². The molecule has 1 heterocycles. The summed E-state index contributed by atoms with van der Waals surface area (Å²) in [6.45, 7) is 15.5. The van der Waals surface area contributed by atoms with Gasteiger partial charge in [-0.2, -0.15) is 4.39 Å². The molecule has 2 atom stereocenters. The third kappa shape index (κ3) is 13.9. The van der Waals surface area contributed by atoms with Crippen LogP contribution >= 0.6 is 0 Å². The van der Waals surface area contributed by atoms with Gasteiger partial charge < -0.3 is 24.8 Å². The lowest BCUT2D eigenvalue weighted by Gasteiger charge is -2.29. The molecule has 214 valence electrons. The second-order valence-corrected chi connectivity index (χ2v) is 12.0. The Morgan fingerprint density at radius 1 is 0.868 bits per heavy atom. The second-order valence-electron chi connectivity index (χ2n) is 12.0. The molecule has 38 heavy (non-hydrogen) atoms. The Morgan fingerprint density at radius 2 is 1.42 bits per heavy atom. The number of hydrogen-bond donors (Lipinski definition) is 2.